The number of sulfonamides is 1. The maximum Gasteiger partial charge on any atom is 0.238 e. The molecule has 3 N–H and O–H groups in total. The standard InChI is InChI=1S/C20H26BrFN4O2S/c1-25-10-11-26(19(14-25)15-6-3-2-4-7-15)9-5-8-24-20-17(21)12-16(13-18(20)22)29(23,27)28/h2-4,6-7,12-13,19,24H,5,8-11,14H2,1H3,(H2,23,27,28). The van der Waals surface area contributed by atoms with Crippen LogP contribution in [0.2, 0.25) is 0 Å². The van der Waals surface area contributed by atoms with Gasteiger partial charge in [0.05, 0.1) is 10.6 Å². The molecular formula is C20H26BrFN4O2S. The maximum absolute atomic E-state index is 14.3. The number of anilines is 1. The number of nitrogens with two attached hydrogens (primary N) is 1. The number of likely N-dealkylation sites (N-methyl/N-ethyl adjacent to an activating group) is 1. The number of benzene rings is 2. The minimum atomic E-state index is -3.95. The highest BCUT2D eigenvalue weighted by Gasteiger charge is 2.26. The van der Waals surface area contributed by atoms with E-state index in [0.717, 1.165) is 38.7 Å². The molecule has 2 aromatic carbocycles. The van der Waals surface area contributed by atoms with Crippen molar-refractivity contribution in [1.82, 2.24) is 9.80 Å². The Labute approximate surface area is 180 Å². The van der Waals surface area contributed by atoms with E-state index < -0.39 is 15.8 Å². The zero-order valence-electron chi connectivity index (χ0n) is 16.3. The first-order chi connectivity index (χ1) is 13.8. The third-order valence-electron chi connectivity index (χ3n) is 5.15. The van der Waals surface area contributed by atoms with Gasteiger partial charge in [0.2, 0.25) is 10.0 Å². The van der Waals surface area contributed by atoms with E-state index in [-0.39, 0.29) is 10.6 Å². The lowest BCUT2D eigenvalue weighted by atomic mass is 10.0. The number of nitrogens with zero attached hydrogens (tertiary/aromatic N) is 2. The lowest BCUT2D eigenvalue weighted by Crippen LogP contribution is -2.47. The molecule has 9 heteroatoms. The number of hydrogen-bond donors (Lipinski definition) is 2. The van der Waals surface area contributed by atoms with Crippen LogP contribution in [0.15, 0.2) is 51.8 Å². The molecule has 158 valence electrons. The summed E-state index contributed by atoms with van der Waals surface area (Å²) in [5.74, 6) is -0.648. The fourth-order valence-corrected chi connectivity index (χ4v) is 4.87. The summed E-state index contributed by atoms with van der Waals surface area (Å²) in [6, 6.07) is 13.1. The summed E-state index contributed by atoms with van der Waals surface area (Å²) in [7, 11) is -1.81. The number of nitrogens with one attached hydrogen (secondary N) is 1. The Morgan fingerprint density at radius 1 is 1.24 bits per heavy atom. The Balaban J connectivity index is 1.60. The second-order valence-corrected chi connectivity index (χ2v) is 9.73. The molecular weight excluding hydrogens is 459 g/mol. The minimum Gasteiger partial charge on any atom is -0.382 e. The summed E-state index contributed by atoms with van der Waals surface area (Å²) in [6.45, 7) is 4.43. The van der Waals surface area contributed by atoms with Gasteiger partial charge in [-0.15, -0.1) is 0 Å². The molecule has 1 atom stereocenters. The van der Waals surface area contributed by atoms with Gasteiger partial charge in [0.15, 0.2) is 0 Å². The quantitative estimate of drug-likeness (QED) is 0.590. The lowest BCUT2D eigenvalue weighted by Gasteiger charge is -2.40. The highest BCUT2D eigenvalue weighted by atomic mass is 79.9. The van der Waals surface area contributed by atoms with Gasteiger partial charge in [0, 0.05) is 43.2 Å². The van der Waals surface area contributed by atoms with Gasteiger partial charge in [-0.1, -0.05) is 30.3 Å². The number of piperazine rings is 1. The summed E-state index contributed by atoms with van der Waals surface area (Å²) in [5, 5.41) is 8.14. The van der Waals surface area contributed by atoms with E-state index in [4.69, 9.17) is 5.14 Å². The first-order valence-corrected chi connectivity index (χ1v) is 11.8. The SMILES string of the molecule is CN1CCN(CCCNc2c(F)cc(S(N)(=O)=O)cc2Br)C(c2ccccc2)C1. The summed E-state index contributed by atoms with van der Waals surface area (Å²) >= 11 is 3.23. The van der Waals surface area contributed by atoms with Crippen LogP contribution in [0.5, 0.6) is 0 Å². The van der Waals surface area contributed by atoms with Crippen molar-refractivity contribution in [1.29, 1.82) is 0 Å². The van der Waals surface area contributed by atoms with Gasteiger partial charge in [-0.05, 0) is 47.1 Å². The zero-order chi connectivity index (χ0) is 21.0. The van der Waals surface area contributed by atoms with Crippen molar-refractivity contribution < 1.29 is 12.8 Å². The Hall–Kier alpha value is -1.52. The largest absolute Gasteiger partial charge is 0.382 e. The Morgan fingerprint density at radius 3 is 2.62 bits per heavy atom. The number of halogens is 2. The van der Waals surface area contributed by atoms with Crippen molar-refractivity contribution in [2.75, 3.05) is 45.1 Å². The van der Waals surface area contributed by atoms with Gasteiger partial charge in [0.1, 0.15) is 5.82 Å². The van der Waals surface area contributed by atoms with Crippen molar-refractivity contribution in [2.45, 2.75) is 17.4 Å². The lowest BCUT2D eigenvalue weighted by molar-refractivity contribution is 0.0896. The average molecular weight is 485 g/mol. The first kappa shape index (κ1) is 22.2. The van der Waals surface area contributed by atoms with Crippen LogP contribution in [-0.4, -0.2) is 58.0 Å². The van der Waals surface area contributed by atoms with Crippen LogP contribution in [0.1, 0.15) is 18.0 Å². The van der Waals surface area contributed by atoms with E-state index in [0.29, 0.717) is 17.1 Å². The monoisotopic (exact) mass is 484 g/mol. The van der Waals surface area contributed by atoms with Gasteiger partial charge < -0.3 is 10.2 Å². The van der Waals surface area contributed by atoms with Crippen molar-refractivity contribution in [3.8, 4) is 0 Å². The summed E-state index contributed by atoms with van der Waals surface area (Å²) in [5.41, 5.74) is 1.55. The molecule has 0 bridgehead atoms. The van der Waals surface area contributed by atoms with Gasteiger partial charge in [-0.2, -0.15) is 0 Å². The fraction of sp³-hybridized carbons (Fsp3) is 0.400. The fourth-order valence-electron chi connectivity index (χ4n) is 3.59. The molecule has 1 heterocycles. The molecule has 1 unspecified atom stereocenters. The van der Waals surface area contributed by atoms with Crippen LogP contribution in [-0.2, 0) is 10.0 Å². The molecule has 1 fully saturated rings. The highest BCUT2D eigenvalue weighted by Crippen LogP contribution is 2.29. The summed E-state index contributed by atoms with van der Waals surface area (Å²) in [6.07, 6.45) is 0.829. The number of hydrogen-bond acceptors (Lipinski definition) is 5. The van der Waals surface area contributed by atoms with Crippen molar-refractivity contribution in [3.63, 3.8) is 0 Å². The molecule has 0 saturated carbocycles. The van der Waals surface area contributed by atoms with Crippen LogP contribution in [0.3, 0.4) is 0 Å². The van der Waals surface area contributed by atoms with Crippen LogP contribution in [0.25, 0.3) is 0 Å². The predicted octanol–water partition coefficient (Wildman–Crippen LogP) is 3.03. The van der Waals surface area contributed by atoms with Crippen LogP contribution in [0, 0.1) is 5.82 Å². The van der Waals surface area contributed by atoms with E-state index in [2.05, 4.69) is 62.4 Å². The normalized spacial score (nSPS) is 18.7. The van der Waals surface area contributed by atoms with E-state index in [9.17, 15) is 12.8 Å². The number of primary sulfonamides is 1. The zero-order valence-corrected chi connectivity index (χ0v) is 18.7. The molecule has 1 aliphatic heterocycles. The molecule has 1 aliphatic rings. The molecule has 3 rings (SSSR count). The van der Waals surface area contributed by atoms with Crippen molar-refractivity contribution >= 4 is 31.6 Å². The predicted molar refractivity (Wildman–Crippen MR) is 117 cm³/mol. The summed E-state index contributed by atoms with van der Waals surface area (Å²) < 4.78 is 37.5. The Bertz CT molecular complexity index is 920. The third kappa shape index (κ3) is 5.76. The molecule has 29 heavy (non-hydrogen) atoms. The first-order valence-electron chi connectivity index (χ1n) is 9.49. The Kier molecular flexibility index (Phi) is 7.28. The molecule has 2 aromatic rings. The van der Waals surface area contributed by atoms with Gasteiger partial charge in [0.25, 0.3) is 0 Å². The maximum atomic E-state index is 14.3. The van der Waals surface area contributed by atoms with Crippen LogP contribution < -0.4 is 10.5 Å². The molecule has 0 aliphatic carbocycles. The van der Waals surface area contributed by atoms with E-state index in [1.807, 2.05) is 6.07 Å². The van der Waals surface area contributed by atoms with E-state index in [1.54, 1.807) is 0 Å². The molecule has 0 aromatic heterocycles. The number of rotatable bonds is 7. The molecule has 0 radical (unpaired) electrons. The topological polar surface area (TPSA) is 78.7 Å². The average Bonchev–Trinajstić information content (AvgIpc) is 2.67. The van der Waals surface area contributed by atoms with Crippen LogP contribution >= 0.6 is 15.9 Å². The second-order valence-electron chi connectivity index (χ2n) is 7.31. The molecule has 6 nitrogen and oxygen atoms in total. The second kappa shape index (κ2) is 9.53. The van der Waals surface area contributed by atoms with E-state index >= 15 is 0 Å². The minimum absolute atomic E-state index is 0.246. The highest BCUT2D eigenvalue weighted by molar-refractivity contribution is 9.10. The van der Waals surface area contributed by atoms with Gasteiger partial charge in [-0.3, -0.25) is 4.90 Å². The molecule has 1 saturated heterocycles. The smallest absolute Gasteiger partial charge is 0.238 e. The van der Waals surface area contributed by atoms with Gasteiger partial charge in [-0.25, -0.2) is 17.9 Å². The third-order valence-corrected chi connectivity index (χ3v) is 6.66. The van der Waals surface area contributed by atoms with Crippen molar-refractivity contribution in [2.24, 2.45) is 5.14 Å². The van der Waals surface area contributed by atoms with Gasteiger partial charge >= 0.3 is 0 Å². The Morgan fingerprint density at radius 2 is 1.97 bits per heavy atom. The van der Waals surface area contributed by atoms with Crippen molar-refractivity contribution in [3.05, 3.63) is 58.3 Å². The van der Waals surface area contributed by atoms with E-state index in [1.165, 1.54) is 11.6 Å². The summed E-state index contributed by atoms with van der Waals surface area (Å²) in [4.78, 5) is 4.55. The van der Waals surface area contributed by atoms with Crippen LogP contribution in [0.4, 0.5) is 10.1 Å². The molecule has 0 spiro atoms. The molecule has 0 amide bonds.